The lowest BCUT2D eigenvalue weighted by molar-refractivity contribution is -0.137. The Morgan fingerprint density at radius 1 is 1.60 bits per heavy atom. The van der Waals surface area contributed by atoms with Crippen molar-refractivity contribution in [3.63, 3.8) is 0 Å². The summed E-state index contributed by atoms with van der Waals surface area (Å²) < 4.78 is 4.88. The van der Waals surface area contributed by atoms with Crippen LogP contribution in [0.15, 0.2) is 24.4 Å². The fourth-order valence-corrected chi connectivity index (χ4v) is 1.79. The Morgan fingerprint density at radius 3 is 3.27 bits per heavy atom. The minimum atomic E-state index is -0.260. The first-order chi connectivity index (χ1) is 7.31. The van der Waals surface area contributed by atoms with E-state index in [9.17, 15) is 4.79 Å². The SMILES string of the molecule is CCOC(=O)/C=C1\CCc2ncccc21. The predicted molar refractivity (Wildman–Crippen MR) is 57.2 cm³/mol. The topological polar surface area (TPSA) is 39.2 Å². The van der Waals surface area contributed by atoms with E-state index in [0.29, 0.717) is 6.61 Å². The molecule has 1 aromatic heterocycles. The Kier molecular flexibility index (Phi) is 2.81. The summed E-state index contributed by atoms with van der Waals surface area (Å²) in [4.78, 5) is 15.6. The monoisotopic (exact) mass is 203 g/mol. The summed E-state index contributed by atoms with van der Waals surface area (Å²) in [6, 6.07) is 3.89. The van der Waals surface area contributed by atoms with Crippen LogP contribution >= 0.6 is 0 Å². The van der Waals surface area contributed by atoms with E-state index in [2.05, 4.69) is 4.98 Å². The molecular formula is C12H13NO2. The van der Waals surface area contributed by atoms with Crippen molar-refractivity contribution in [2.75, 3.05) is 6.61 Å². The highest BCUT2D eigenvalue weighted by Gasteiger charge is 2.17. The molecule has 0 radical (unpaired) electrons. The number of carbonyl (C=O) groups is 1. The number of aromatic nitrogens is 1. The van der Waals surface area contributed by atoms with E-state index in [1.54, 1.807) is 19.2 Å². The number of aryl methyl sites for hydroxylation is 1. The van der Waals surface area contributed by atoms with Gasteiger partial charge in [-0.25, -0.2) is 4.79 Å². The summed E-state index contributed by atoms with van der Waals surface area (Å²) in [5, 5.41) is 0. The van der Waals surface area contributed by atoms with Crippen LogP contribution in [0.1, 0.15) is 24.6 Å². The molecule has 0 N–H and O–H groups in total. The summed E-state index contributed by atoms with van der Waals surface area (Å²) in [5.41, 5.74) is 3.20. The second-order valence-electron chi connectivity index (χ2n) is 3.42. The second-order valence-corrected chi connectivity index (χ2v) is 3.42. The van der Waals surface area contributed by atoms with Gasteiger partial charge in [0.1, 0.15) is 0 Å². The summed E-state index contributed by atoms with van der Waals surface area (Å²) in [7, 11) is 0. The molecule has 1 heterocycles. The van der Waals surface area contributed by atoms with Crippen molar-refractivity contribution in [3.05, 3.63) is 35.7 Å². The highest BCUT2D eigenvalue weighted by Crippen LogP contribution is 2.30. The van der Waals surface area contributed by atoms with Crippen LogP contribution < -0.4 is 0 Å². The van der Waals surface area contributed by atoms with Gasteiger partial charge in [-0.3, -0.25) is 4.98 Å². The van der Waals surface area contributed by atoms with Gasteiger partial charge in [0.25, 0.3) is 0 Å². The molecule has 3 heteroatoms. The van der Waals surface area contributed by atoms with Crippen molar-refractivity contribution in [1.82, 2.24) is 4.98 Å². The number of rotatable bonds is 2. The summed E-state index contributed by atoms with van der Waals surface area (Å²) in [6.45, 7) is 2.23. The Labute approximate surface area is 88.8 Å². The lowest BCUT2D eigenvalue weighted by Gasteiger charge is -2.00. The van der Waals surface area contributed by atoms with E-state index in [1.165, 1.54) is 0 Å². The van der Waals surface area contributed by atoms with Crippen LogP contribution in [0.3, 0.4) is 0 Å². The zero-order chi connectivity index (χ0) is 10.7. The van der Waals surface area contributed by atoms with Crippen molar-refractivity contribution in [2.45, 2.75) is 19.8 Å². The molecule has 0 bridgehead atoms. The standard InChI is InChI=1S/C12H13NO2/c1-2-15-12(14)8-9-5-6-11-10(9)4-3-7-13-11/h3-4,7-8H,2,5-6H2,1H3/b9-8+. The largest absolute Gasteiger partial charge is 0.463 e. The van der Waals surface area contributed by atoms with Crippen LogP contribution in [0.5, 0.6) is 0 Å². The van der Waals surface area contributed by atoms with E-state index >= 15 is 0 Å². The maximum atomic E-state index is 11.3. The van der Waals surface area contributed by atoms with Gasteiger partial charge in [0.2, 0.25) is 0 Å². The van der Waals surface area contributed by atoms with Crippen LogP contribution in [0.25, 0.3) is 5.57 Å². The third kappa shape index (κ3) is 2.06. The molecular weight excluding hydrogens is 190 g/mol. The fraction of sp³-hybridized carbons (Fsp3) is 0.333. The van der Waals surface area contributed by atoms with E-state index in [-0.39, 0.29) is 5.97 Å². The van der Waals surface area contributed by atoms with E-state index in [1.807, 2.05) is 12.1 Å². The van der Waals surface area contributed by atoms with Crippen LogP contribution in [-0.2, 0) is 16.0 Å². The van der Waals surface area contributed by atoms with E-state index < -0.39 is 0 Å². The number of hydrogen-bond acceptors (Lipinski definition) is 3. The van der Waals surface area contributed by atoms with Crippen LogP contribution in [-0.4, -0.2) is 17.6 Å². The van der Waals surface area contributed by atoms with Gasteiger partial charge in [0.15, 0.2) is 0 Å². The molecule has 0 fully saturated rings. The third-order valence-corrected chi connectivity index (χ3v) is 2.45. The molecule has 0 atom stereocenters. The first-order valence-electron chi connectivity index (χ1n) is 5.13. The molecule has 1 aromatic rings. The predicted octanol–water partition coefficient (Wildman–Crippen LogP) is 1.97. The Hall–Kier alpha value is -1.64. The van der Waals surface area contributed by atoms with Crippen LogP contribution in [0.2, 0.25) is 0 Å². The number of allylic oxidation sites excluding steroid dienone is 1. The maximum Gasteiger partial charge on any atom is 0.331 e. The Balaban J connectivity index is 2.23. The van der Waals surface area contributed by atoms with Gasteiger partial charge in [-0.1, -0.05) is 6.07 Å². The number of fused-ring (bicyclic) bond motifs is 1. The first kappa shape index (κ1) is 9.90. The molecule has 1 aliphatic carbocycles. The van der Waals surface area contributed by atoms with Crippen LogP contribution in [0, 0.1) is 0 Å². The van der Waals surface area contributed by atoms with Gasteiger partial charge in [0.05, 0.1) is 6.61 Å². The molecule has 2 rings (SSSR count). The normalized spacial score (nSPS) is 16.5. The average Bonchev–Trinajstić information content (AvgIpc) is 2.62. The number of ether oxygens (including phenoxy) is 1. The number of esters is 1. The van der Waals surface area contributed by atoms with Crippen LogP contribution in [0.4, 0.5) is 0 Å². The van der Waals surface area contributed by atoms with E-state index in [4.69, 9.17) is 4.74 Å². The van der Waals surface area contributed by atoms with E-state index in [0.717, 1.165) is 29.7 Å². The fourth-order valence-electron chi connectivity index (χ4n) is 1.79. The Morgan fingerprint density at radius 2 is 2.47 bits per heavy atom. The summed E-state index contributed by atoms with van der Waals surface area (Å²) in [5.74, 6) is -0.260. The van der Waals surface area contributed by atoms with Gasteiger partial charge in [-0.05, 0) is 37.0 Å². The number of hydrogen-bond donors (Lipinski definition) is 0. The van der Waals surface area contributed by atoms with Gasteiger partial charge in [-0.2, -0.15) is 0 Å². The minimum absolute atomic E-state index is 0.260. The first-order valence-corrected chi connectivity index (χ1v) is 5.13. The summed E-state index contributed by atoms with van der Waals surface area (Å²) in [6.07, 6.45) is 5.16. The summed E-state index contributed by atoms with van der Waals surface area (Å²) >= 11 is 0. The highest BCUT2D eigenvalue weighted by molar-refractivity contribution is 5.92. The lowest BCUT2D eigenvalue weighted by atomic mass is 10.1. The van der Waals surface area contributed by atoms with Crippen molar-refractivity contribution < 1.29 is 9.53 Å². The van der Waals surface area contributed by atoms with Crippen molar-refractivity contribution >= 4 is 11.5 Å². The molecule has 0 saturated carbocycles. The molecule has 1 aliphatic rings. The minimum Gasteiger partial charge on any atom is -0.463 e. The number of carbonyl (C=O) groups excluding carboxylic acids is 1. The van der Waals surface area contributed by atoms with Crippen molar-refractivity contribution in [3.8, 4) is 0 Å². The van der Waals surface area contributed by atoms with Crippen molar-refractivity contribution in [1.29, 1.82) is 0 Å². The number of pyridine rings is 1. The maximum absolute atomic E-state index is 11.3. The molecule has 0 saturated heterocycles. The van der Waals surface area contributed by atoms with Gasteiger partial charge >= 0.3 is 5.97 Å². The van der Waals surface area contributed by atoms with Gasteiger partial charge in [0, 0.05) is 18.0 Å². The average molecular weight is 203 g/mol. The number of nitrogens with zero attached hydrogens (tertiary/aromatic N) is 1. The molecule has 78 valence electrons. The highest BCUT2D eigenvalue weighted by atomic mass is 16.5. The molecule has 0 amide bonds. The van der Waals surface area contributed by atoms with Crippen molar-refractivity contribution in [2.24, 2.45) is 0 Å². The zero-order valence-corrected chi connectivity index (χ0v) is 8.69. The third-order valence-electron chi connectivity index (χ3n) is 2.45. The molecule has 15 heavy (non-hydrogen) atoms. The molecule has 0 spiro atoms. The quantitative estimate of drug-likeness (QED) is 0.545. The lowest BCUT2D eigenvalue weighted by Crippen LogP contribution is -2.00. The molecule has 0 aliphatic heterocycles. The second kappa shape index (κ2) is 4.26. The van der Waals surface area contributed by atoms with Gasteiger partial charge in [-0.15, -0.1) is 0 Å². The smallest absolute Gasteiger partial charge is 0.331 e. The molecule has 0 aromatic carbocycles. The molecule has 0 unspecified atom stereocenters. The Bertz CT molecular complexity index is 410. The van der Waals surface area contributed by atoms with Gasteiger partial charge < -0.3 is 4.74 Å². The molecule has 3 nitrogen and oxygen atoms in total. The zero-order valence-electron chi connectivity index (χ0n) is 8.69.